The Kier molecular flexibility index (Phi) is 5.07. The smallest absolute Gasteiger partial charge is 0.325 e. The molecule has 0 spiro atoms. The number of hydrogen-bond acceptors (Lipinski definition) is 8. The minimum absolute atomic E-state index is 0.00358. The van der Waals surface area contributed by atoms with Crippen molar-refractivity contribution >= 4 is 28.0 Å². The number of carbonyl (C=O) groups is 3. The molecule has 10 heteroatoms. The molecule has 0 radical (unpaired) electrons. The summed E-state index contributed by atoms with van der Waals surface area (Å²) >= 11 is 0. The van der Waals surface area contributed by atoms with Crippen molar-refractivity contribution in [3.8, 4) is 0 Å². The van der Waals surface area contributed by atoms with E-state index >= 15 is 0 Å². The van der Waals surface area contributed by atoms with Gasteiger partial charge < -0.3 is 14.8 Å². The van der Waals surface area contributed by atoms with Crippen LogP contribution in [0.2, 0.25) is 0 Å². The average molecular weight is 387 g/mol. The van der Waals surface area contributed by atoms with Crippen molar-refractivity contribution < 1.29 is 36.5 Å². The summed E-state index contributed by atoms with van der Waals surface area (Å²) < 4.78 is 39.1. The minimum Gasteiger partial charge on any atom is -0.464 e. The highest BCUT2D eigenvalue weighted by atomic mass is 32.2. The largest absolute Gasteiger partial charge is 0.464 e. The van der Waals surface area contributed by atoms with Crippen LogP contribution in [0.25, 0.3) is 0 Å². The van der Waals surface area contributed by atoms with Crippen LogP contribution in [0, 0.1) is 11.8 Å². The monoisotopic (exact) mass is 387 g/mol. The highest BCUT2D eigenvalue weighted by Crippen LogP contribution is 2.55. The first-order chi connectivity index (χ1) is 12.2. The van der Waals surface area contributed by atoms with E-state index in [0.717, 1.165) is 0 Å². The lowest BCUT2D eigenvalue weighted by Gasteiger charge is -2.24. The van der Waals surface area contributed by atoms with Gasteiger partial charge in [-0.2, -0.15) is 8.42 Å². The number of nitrogens with one attached hydrogen (secondary N) is 1. The highest BCUT2D eigenvalue weighted by Gasteiger charge is 2.65. The third-order valence-electron chi connectivity index (χ3n) is 5.03. The molecule has 1 amide bonds. The number of fused-ring (bicyclic) bond motifs is 1. The SMILES string of the molecule is C=C(C)C(=O)NCC(=O)OCCC(=O)OC1C2CC3C1OS(=O)(=O)C3C2. The Hall–Kier alpha value is -1.94. The van der Waals surface area contributed by atoms with Gasteiger partial charge in [-0.3, -0.25) is 18.6 Å². The quantitative estimate of drug-likeness (QED) is 0.357. The number of ether oxygens (including phenoxy) is 2. The maximum Gasteiger partial charge on any atom is 0.325 e. The van der Waals surface area contributed by atoms with Gasteiger partial charge in [-0.05, 0) is 19.8 Å². The van der Waals surface area contributed by atoms with Crippen molar-refractivity contribution in [2.75, 3.05) is 13.2 Å². The third kappa shape index (κ3) is 3.61. The predicted molar refractivity (Wildman–Crippen MR) is 87.1 cm³/mol. The van der Waals surface area contributed by atoms with Crippen LogP contribution in [-0.2, 0) is 38.2 Å². The molecule has 1 heterocycles. The minimum atomic E-state index is -3.55. The molecule has 3 rings (SSSR count). The van der Waals surface area contributed by atoms with Gasteiger partial charge in [0.1, 0.15) is 25.4 Å². The van der Waals surface area contributed by atoms with Crippen molar-refractivity contribution in [2.45, 2.75) is 43.6 Å². The molecular formula is C16H21NO8S. The first-order valence-electron chi connectivity index (χ1n) is 8.40. The van der Waals surface area contributed by atoms with Crippen LogP contribution in [-0.4, -0.2) is 56.9 Å². The zero-order chi connectivity index (χ0) is 19.1. The molecule has 3 aliphatic rings. The molecule has 5 atom stereocenters. The molecule has 3 fully saturated rings. The lowest BCUT2D eigenvalue weighted by atomic mass is 9.94. The van der Waals surface area contributed by atoms with Gasteiger partial charge in [-0.15, -0.1) is 0 Å². The van der Waals surface area contributed by atoms with Gasteiger partial charge in [-0.1, -0.05) is 6.58 Å². The standard InChI is InChI=1S/C16H21NO8S/c1-8(2)16(20)17-7-13(19)23-4-3-12(18)24-14-9-5-10-11(6-9)26(21,22)25-15(10)14/h9-11,14-15H,1,3-7H2,2H3,(H,17,20). The van der Waals surface area contributed by atoms with E-state index in [1.165, 1.54) is 6.92 Å². The molecule has 1 saturated heterocycles. The Bertz CT molecular complexity index is 745. The Morgan fingerprint density at radius 2 is 1.96 bits per heavy atom. The van der Waals surface area contributed by atoms with E-state index < -0.39 is 45.4 Å². The lowest BCUT2D eigenvalue weighted by Crippen LogP contribution is -2.37. The van der Waals surface area contributed by atoms with Crippen LogP contribution >= 0.6 is 0 Å². The van der Waals surface area contributed by atoms with Crippen LogP contribution in [0.5, 0.6) is 0 Å². The molecule has 2 aliphatic carbocycles. The summed E-state index contributed by atoms with van der Waals surface area (Å²) in [5.41, 5.74) is 0.269. The van der Waals surface area contributed by atoms with E-state index in [2.05, 4.69) is 11.9 Å². The van der Waals surface area contributed by atoms with Gasteiger partial charge in [0.2, 0.25) is 5.91 Å². The second kappa shape index (κ2) is 6.99. The molecule has 1 aliphatic heterocycles. The molecular weight excluding hydrogens is 366 g/mol. The Labute approximate surface area is 151 Å². The molecule has 1 N–H and O–H groups in total. The zero-order valence-electron chi connectivity index (χ0n) is 14.3. The molecule has 144 valence electrons. The molecule has 0 aromatic heterocycles. The molecule has 2 bridgehead atoms. The van der Waals surface area contributed by atoms with Crippen molar-refractivity contribution in [3.63, 3.8) is 0 Å². The first kappa shape index (κ1) is 18.8. The van der Waals surface area contributed by atoms with E-state index in [4.69, 9.17) is 13.7 Å². The van der Waals surface area contributed by atoms with Crippen molar-refractivity contribution in [2.24, 2.45) is 11.8 Å². The number of hydrogen-bond donors (Lipinski definition) is 1. The van der Waals surface area contributed by atoms with Crippen molar-refractivity contribution in [1.82, 2.24) is 5.32 Å². The summed E-state index contributed by atoms with van der Waals surface area (Å²) in [6.07, 6.45) is -0.168. The highest BCUT2D eigenvalue weighted by molar-refractivity contribution is 7.87. The number of carbonyl (C=O) groups excluding carboxylic acids is 3. The maximum absolute atomic E-state index is 11.9. The summed E-state index contributed by atoms with van der Waals surface area (Å²) in [6, 6.07) is 0. The van der Waals surface area contributed by atoms with Crippen LogP contribution in [0.3, 0.4) is 0 Å². The van der Waals surface area contributed by atoms with E-state index in [1.54, 1.807) is 0 Å². The molecule has 26 heavy (non-hydrogen) atoms. The van der Waals surface area contributed by atoms with E-state index in [-0.39, 0.29) is 37.0 Å². The summed E-state index contributed by atoms with van der Waals surface area (Å²) in [5.74, 6) is -1.82. The summed E-state index contributed by atoms with van der Waals surface area (Å²) in [4.78, 5) is 34.7. The van der Waals surface area contributed by atoms with Crippen molar-refractivity contribution in [3.05, 3.63) is 12.2 Å². The van der Waals surface area contributed by atoms with Crippen molar-refractivity contribution in [1.29, 1.82) is 0 Å². The summed E-state index contributed by atoms with van der Waals surface area (Å²) in [7, 11) is -3.55. The average Bonchev–Trinajstić information content (AvgIpc) is 3.16. The van der Waals surface area contributed by atoms with E-state index in [0.29, 0.717) is 12.8 Å². The molecule has 0 aromatic carbocycles. The molecule has 9 nitrogen and oxygen atoms in total. The van der Waals surface area contributed by atoms with Gasteiger partial charge in [0, 0.05) is 17.4 Å². The van der Waals surface area contributed by atoms with Gasteiger partial charge in [0.05, 0.1) is 11.7 Å². The topological polar surface area (TPSA) is 125 Å². The molecule has 2 saturated carbocycles. The van der Waals surface area contributed by atoms with Crippen LogP contribution in [0.1, 0.15) is 26.2 Å². The fraction of sp³-hybridized carbons (Fsp3) is 0.688. The normalized spacial score (nSPS) is 32.9. The third-order valence-corrected chi connectivity index (χ3v) is 6.81. The molecule has 0 aromatic rings. The summed E-state index contributed by atoms with van der Waals surface area (Å²) in [6.45, 7) is 4.44. The van der Waals surface area contributed by atoms with E-state index in [1.807, 2.05) is 0 Å². The predicted octanol–water partition coefficient (Wildman–Crippen LogP) is -0.339. The van der Waals surface area contributed by atoms with Crippen LogP contribution in [0.15, 0.2) is 12.2 Å². The summed E-state index contributed by atoms with van der Waals surface area (Å²) in [5, 5.41) is 1.85. The fourth-order valence-corrected chi connectivity index (χ4v) is 5.74. The van der Waals surface area contributed by atoms with Gasteiger partial charge in [-0.25, -0.2) is 0 Å². The number of rotatable bonds is 7. The zero-order valence-corrected chi connectivity index (χ0v) is 15.1. The Balaban J connectivity index is 1.39. The second-order valence-electron chi connectivity index (χ2n) is 6.88. The van der Waals surface area contributed by atoms with E-state index in [9.17, 15) is 22.8 Å². The fourth-order valence-electron chi connectivity index (χ4n) is 3.86. The molecule has 5 unspecified atom stereocenters. The van der Waals surface area contributed by atoms with Crippen LogP contribution in [0.4, 0.5) is 0 Å². The second-order valence-corrected chi connectivity index (χ2v) is 8.66. The number of amides is 1. The first-order valence-corrected chi connectivity index (χ1v) is 9.87. The van der Waals surface area contributed by atoms with Gasteiger partial charge >= 0.3 is 11.9 Å². The number of esters is 2. The Morgan fingerprint density at radius 1 is 1.23 bits per heavy atom. The van der Waals surface area contributed by atoms with Gasteiger partial charge in [0.15, 0.2) is 0 Å². The lowest BCUT2D eigenvalue weighted by molar-refractivity contribution is -0.158. The van der Waals surface area contributed by atoms with Gasteiger partial charge in [0.25, 0.3) is 10.1 Å². The Morgan fingerprint density at radius 3 is 2.65 bits per heavy atom. The van der Waals surface area contributed by atoms with Crippen LogP contribution < -0.4 is 5.32 Å². The maximum atomic E-state index is 11.9.